The summed E-state index contributed by atoms with van der Waals surface area (Å²) in [6.07, 6.45) is 8.57. The predicted octanol–water partition coefficient (Wildman–Crippen LogP) is 3.42. The fraction of sp³-hybridized carbons (Fsp3) is 0.938. The van der Waals surface area contributed by atoms with E-state index in [4.69, 9.17) is 4.74 Å². The lowest BCUT2D eigenvalue weighted by Crippen LogP contribution is -2.53. The molecule has 2 rings (SSSR count). The van der Waals surface area contributed by atoms with Crippen LogP contribution in [0.4, 0.5) is 0 Å². The molecule has 2 atom stereocenters. The standard InChI is InChI=1S/C16H27NO2/c1-3-13-6-9-15(12-17,10-7-13)16(18)8-4-5-14(11-16)19-2/h13-14,18H,3-11H2,1-2H3. The van der Waals surface area contributed by atoms with Gasteiger partial charge in [-0.3, -0.25) is 0 Å². The zero-order valence-electron chi connectivity index (χ0n) is 12.3. The van der Waals surface area contributed by atoms with Gasteiger partial charge >= 0.3 is 0 Å². The van der Waals surface area contributed by atoms with E-state index < -0.39 is 11.0 Å². The van der Waals surface area contributed by atoms with Gasteiger partial charge in [0.25, 0.3) is 0 Å². The van der Waals surface area contributed by atoms with Crippen LogP contribution in [0, 0.1) is 22.7 Å². The zero-order chi connectivity index (χ0) is 13.9. The molecule has 0 aromatic heterocycles. The van der Waals surface area contributed by atoms with Crippen LogP contribution in [0.1, 0.15) is 64.7 Å². The average molecular weight is 265 g/mol. The lowest BCUT2D eigenvalue weighted by atomic mass is 9.57. The van der Waals surface area contributed by atoms with Crippen LogP contribution in [0.25, 0.3) is 0 Å². The number of hydrogen-bond donors (Lipinski definition) is 1. The Morgan fingerprint density at radius 3 is 2.47 bits per heavy atom. The van der Waals surface area contributed by atoms with Crippen molar-refractivity contribution in [1.29, 1.82) is 5.26 Å². The fourth-order valence-electron chi connectivity index (χ4n) is 4.10. The minimum Gasteiger partial charge on any atom is -0.388 e. The van der Waals surface area contributed by atoms with Crippen LogP contribution in [0.5, 0.6) is 0 Å². The van der Waals surface area contributed by atoms with Gasteiger partial charge in [0.15, 0.2) is 0 Å². The summed E-state index contributed by atoms with van der Waals surface area (Å²) in [5.74, 6) is 0.742. The molecule has 2 aliphatic rings. The largest absolute Gasteiger partial charge is 0.388 e. The molecule has 0 saturated heterocycles. The number of rotatable bonds is 3. The summed E-state index contributed by atoms with van der Waals surface area (Å²) in [4.78, 5) is 0. The summed E-state index contributed by atoms with van der Waals surface area (Å²) in [6, 6.07) is 2.51. The van der Waals surface area contributed by atoms with Gasteiger partial charge in [0.2, 0.25) is 0 Å². The summed E-state index contributed by atoms with van der Waals surface area (Å²) >= 11 is 0. The van der Waals surface area contributed by atoms with E-state index in [1.807, 2.05) is 0 Å². The lowest BCUT2D eigenvalue weighted by Gasteiger charge is -2.49. The first-order valence-electron chi connectivity index (χ1n) is 7.75. The fourth-order valence-corrected chi connectivity index (χ4v) is 4.10. The molecule has 0 aromatic carbocycles. The molecule has 3 heteroatoms. The highest BCUT2D eigenvalue weighted by molar-refractivity contribution is 5.14. The van der Waals surface area contributed by atoms with Gasteiger partial charge in [-0.25, -0.2) is 0 Å². The second-order valence-corrected chi connectivity index (χ2v) is 6.53. The molecule has 2 fully saturated rings. The Morgan fingerprint density at radius 1 is 1.26 bits per heavy atom. The van der Waals surface area contributed by atoms with Crippen LogP contribution < -0.4 is 0 Å². The molecule has 0 amide bonds. The van der Waals surface area contributed by atoms with Gasteiger partial charge in [-0.15, -0.1) is 0 Å². The summed E-state index contributed by atoms with van der Waals surface area (Å²) in [5, 5.41) is 20.8. The molecule has 19 heavy (non-hydrogen) atoms. The van der Waals surface area contributed by atoms with Gasteiger partial charge in [-0.2, -0.15) is 5.26 Å². The van der Waals surface area contributed by atoms with Crippen molar-refractivity contribution in [3.05, 3.63) is 0 Å². The highest BCUT2D eigenvalue weighted by Crippen LogP contribution is 2.52. The molecule has 0 heterocycles. The Morgan fingerprint density at radius 2 is 1.95 bits per heavy atom. The van der Waals surface area contributed by atoms with Gasteiger partial charge in [0.05, 0.1) is 23.2 Å². The lowest BCUT2D eigenvalue weighted by molar-refractivity contribution is -0.133. The van der Waals surface area contributed by atoms with Crippen molar-refractivity contribution < 1.29 is 9.84 Å². The van der Waals surface area contributed by atoms with E-state index in [9.17, 15) is 10.4 Å². The molecule has 2 saturated carbocycles. The van der Waals surface area contributed by atoms with Crippen LogP contribution in [-0.4, -0.2) is 23.9 Å². The highest BCUT2D eigenvalue weighted by Gasteiger charge is 2.53. The van der Waals surface area contributed by atoms with Crippen molar-refractivity contribution in [2.24, 2.45) is 11.3 Å². The molecule has 0 bridgehead atoms. The molecule has 0 aromatic rings. The monoisotopic (exact) mass is 265 g/mol. The Labute approximate surface area is 117 Å². The van der Waals surface area contributed by atoms with Gasteiger partial charge in [-0.05, 0) is 50.9 Å². The van der Waals surface area contributed by atoms with E-state index in [0.717, 1.165) is 50.9 Å². The van der Waals surface area contributed by atoms with Crippen molar-refractivity contribution in [2.75, 3.05) is 7.11 Å². The average Bonchev–Trinajstić information content (AvgIpc) is 2.47. The predicted molar refractivity (Wildman–Crippen MR) is 74.5 cm³/mol. The number of ether oxygens (including phenoxy) is 1. The third kappa shape index (κ3) is 2.66. The minimum absolute atomic E-state index is 0.118. The van der Waals surface area contributed by atoms with Crippen molar-refractivity contribution >= 4 is 0 Å². The molecule has 108 valence electrons. The number of methoxy groups -OCH3 is 1. The first-order chi connectivity index (χ1) is 9.09. The van der Waals surface area contributed by atoms with Crippen molar-refractivity contribution in [3.63, 3.8) is 0 Å². The molecule has 3 nitrogen and oxygen atoms in total. The van der Waals surface area contributed by atoms with E-state index in [-0.39, 0.29) is 6.10 Å². The molecule has 0 radical (unpaired) electrons. The van der Waals surface area contributed by atoms with Crippen LogP contribution >= 0.6 is 0 Å². The normalized spacial score (nSPS) is 43.7. The maximum atomic E-state index is 11.1. The molecule has 0 spiro atoms. The second-order valence-electron chi connectivity index (χ2n) is 6.53. The maximum absolute atomic E-state index is 11.1. The van der Waals surface area contributed by atoms with Crippen molar-refractivity contribution in [2.45, 2.75) is 76.4 Å². The topological polar surface area (TPSA) is 53.2 Å². The number of aliphatic hydroxyl groups is 1. The molecule has 2 unspecified atom stereocenters. The van der Waals surface area contributed by atoms with Gasteiger partial charge in [0.1, 0.15) is 0 Å². The highest BCUT2D eigenvalue weighted by atomic mass is 16.5. The van der Waals surface area contributed by atoms with E-state index in [1.165, 1.54) is 6.42 Å². The minimum atomic E-state index is -0.834. The smallest absolute Gasteiger partial charge is 0.0861 e. The van der Waals surface area contributed by atoms with Crippen molar-refractivity contribution in [3.8, 4) is 6.07 Å². The van der Waals surface area contributed by atoms with Crippen LogP contribution in [0.2, 0.25) is 0 Å². The summed E-state index contributed by atoms with van der Waals surface area (Å²) in [5.41, 5.74) is -1.37. The zero-order valence-corrected chi connectivity index (χ0v) is 12.3. The van der Waals surface area contributed by atoms with Crippen molar-refractivity contribution in [1.82, 2.24) is 0 Å². The van der Waals surface area contributed by atoms with Crippen LogP contribution in [-0.2, 0) is 4.74 Å². The third-order valence-corrected chi connectivity index (χ3v) is 5.66. The van der Waals surface area contributed by atoms with E-state index in [1.54, 1.807) is 7.11 Å². The van der Waals surface area contributed by atoms with Crippen LogP contribution in [0.3, 0.4) is 0 Å². The Hall–Kier alpha value is -0.590. The number of nitrogens with zero attached hydrogens (tertiary/aromatic N) is 1. The Kier molecular flexibility index (Phi) is 4.53. The summed E-state index contributed by atoms with van der Waals surface area (Å²) in [7, 11) is 1.71. The number of nitriles is 1. The second kappa shape index (κ2) is 5.81. The summed E-state index contributed by atoms with van der Waals surface area (Å²) < 4.78 is 5.44. The quantitative estimate of drug-likeness (QED) is 0.850. The first kappa shape index (κ1) is 14.8. The molecule has 0 aliphatic heterocycles. The first-order valence-corrected chi connectivity index (χ1v) is 7.75. The molecule has 1 N–H and O–H groups in total. The Bertz CT molecular complexity index is 341. The molecular formula is C16H27NO2. The molecule has 2 aliphatic carbocycles. The van der Waals surface area contributed by atoms with Gasteiger partial charge in [0, 0.05) is 13.5 Å². The van der Waals surface area contributed by atoms with Crippen LogP contribution in [0.15, 0.2) is 0 Å². The third-order valence-electron chi connectivity index (χ3n) is 5.66. The SMILES string of the molecule is CCC1CCC(C#N)(C2(O)CCCC(OC)C2)CC1. The summed E-state index contributed by atoms with van der Waals surface area (Å²) in [6.45, 7) is 2.22. The van der Waals surface area contributed by atoms with Gasteiger partial charge < -0.3 is 9.84 Å². The molecular weight excluding hydrogens is 238 g/mol. The van der Waals surface area contributed by atoms with E-state index >= 15 is 0 Å². The Balaban J connectivity index is 2.14. The number of hydrogen-bond acceptors (Lipinski definition) is 3. The maximum Gasteiger partial charge on any atom is 0.0861 e. The van der Waals surface area contributed by atoms with Gasteiger partial charge in [-0.1, -0.05) is 13.3 Å². The van der Waals surface area contributed by atoms with E-state index in [0.29, 0.717) is 6.42 Å². The van der Waals surface area contributed by atoms with E-state index in [2.05, 4.69) is 13.0 Å².